The molecule has 1 aromatic carbocycles. The molecule has 21 heavy (non-hydrogen) atoms. The van der Waals surface area contributed by atoms with Crippen LogP contribution in [0.4, 0.5) is 11.5 Å². The first-order valence-electron chi connectivity index (χ1n) is 6.63. The number of anilines is 2. The Morgan fingerprint density at radius 1 is 1.24 bits per heavy atom. The van der Waals surface area contributed by atoms with Crippen LogP contribution >= 0.6 is 15.9 Å². The number of amides is 1. The quantitative estimate of drug-likeness (QED) is 0.885. The van der Waals surface area contributed by atoms with E-state index in [0.29, 0.717) is 23.0 Å². The molecule has 0 atom stereocenters. The molecule has 0 fully saturated rings. The normalized spacial score (nSPS) is 10.5. The van der Waals surface area contributed by atoms with Crippen molar-refractivity contribution in [2.24, 2.45) is 0 Å². The van der Waals surface area contributed by atoms with Gasteiger partial charge >= 0.3 is 0 Å². The van der Waals surface area contributed by atoms with Gasteiger partial charge in [-0.2, -0.15) is 0 Å². The van der Waals surface area contributed by atoms with E-state index in [4.69, 9.17) is 0 Å². The van der Waals surface area contributed by atoms with Gasteiger partial charge < -0.3 is 10.6 Å². The number of rotatable bonds is 4. The van der Waals surface area contributed by atoms with Gasteiger partial charge in [0, 0.05) is 22.3 Å². The Labute approximate surface area is 132 Å². The number of benzene rings is 1. The smallest absolute Gasteiger partial charge is 0.274 e. The van der Waals surface area contributed by atoms with Gasteiger partial charge in [-0.25, -0.2) is 9.97 Å². The fourth-order valence-electron chi connectivity index (χ4n) is 1.82. The topological polar surface area (TPSA) is 66.9 Å². The number of hydrogen-bond acceptors (Lipinski definition) is 4. The molecule has 0 aliphatic rings. The van der Waals surface area contributed by atoms with Gasteiger partial charge in [0.25, 0.3) is 5.91 Å². The SMILES string of the molecule is Cc1nc(NC(C)C)cc(C(=O)Nc2cccc(Br)c2)n1. The van der Waals surface area contributed by atoms with Crippen molar-refractivity contribution in [1.82, 2.24) is 9.97 Å². The van der Waals surface area contributed by atoms with Crippen molar-refractivity contribution < 1.29 is 4.79 Å². The van der Waals surface area contributed by atoms with Crippen LogP contribution in [0.3, 0.4) is 0 Å². The van der Waals surface area contributed by atoms with Crippen molar-refractivity contribution in [3.8, 4) is 0 Å². The van der Waals surface area contributed by atoms with Gasteiger partial charge in [-0.05, 0) is 39.0 Å². The number of hydrogen-bond donors (Lipinski definition) is 2. The van der Waals surface area contributed by atoms with Crippen LogP contribution in [-0.4, -0.2) is 21.9 Å². The molecule has 0 saturated heterocycles. The Morgan fingerprint density at radius 2 is 2.00 bits per heavy atom. The largest absolute Gasteiger partial charge is 0.368 e. The average Bonchev–Trinajstić information content (AvgIpc) is 2.37. The van der Waals surface area contributed by atoms with Crippen LogP contribution in [0.15, 0.2) is 34.8 Å². The van der Waals surface area contributed by atoms with E-state index in [0.717, 1.165) is 4.47 Å². The van der Waals surface area contributed by atoms with E-state index in [-0.39, 0.29) is 11.9 Å². The first kappa shape index (κ1) is 15.4. The zero-order chi connectivity index (χ0) is 15.4. The highest BCUT2D eigenvalue weighted by atomic mass is 79.9. The minimum absolute atomic E-state index is 0.236. The third-order valence-corrected chi connectivity index (χ3v) is 3.08. The molecule has 0 aliphatic heterocycles. The first-order valence-corrected chi connectivity index (χ1v) is 7.42. The molecule has 0 aliphatic carbocycles. The molecular formula is C15H17BrN4O. The molecule has 1 amide bonds. The summed E-state index contributed by atoms with van der Waals surface area (Å²) in [6.45, 7) is 5.79. The lowest BCUT2D eigenvalue weighted by Gasteiger charge is -2.11. The highest BCUT2D eigenvalue weighted by Gasteiger charge is 2.11. The minimum Gasteiger partial charge on any atom is -0.368 e. The summed E-state index contributed by atoms with van der Waals surface area (Å²) in [5.41, 5.74) is 1.05. The van der Waals surface area contributed by atoms with Gasteiger partial charge in [0.05, 0.1) is 0 Å². The van der Waals surface area contributed by atoms with E-state index in [2.05, 4.69) is 36.5 Å². The van der Waals surface area contributed by atoms with Gasteiger partial charge in [0.1, 0.15) is 17.3 Å². The lowest BCUT2D eigenvalue weighted by atomic mass is 10.3. The summed E-state index contributed by atoms with van der Waals surface area (Å²) in [7, 11) is 0. The lowest BCUT2D eigenvalue weighted by Crippen LogP contribution is -2.17. The maximum Gasteiger partial charge on any atom is 0.274 e. The number of nitrogens with zero attached hydrogens (tertiary/aromatic N) is 2. The second-order valence-corrected chi connectivity index (χ2v) is 5.86. The van der Waals surface area contributed by atoms with E-state index < -0.39 is 0 Å². The van der Waals surface area contributed by atoms with E-state index in [1.807, 2.05) is 38.1 Å². The summed E-state index contributed by atoms with van der Waals surface area (Å²) in [6, 6.07) is 9.30. The van der Waals surface area contributed by atoms with Crippen LogP contribution in [0.2, 0.25) is 0 Å². The molecule has 2 rings (SSSR count). The fourth-order valence-corrected chi connectivity index (χ4v) is 2.21. The van der Waals surface area contributed by atoms with E-state index >= 15 is 0 Å². The minimum atomic E-state index is -0.259. The van der Waals surface area contributed by atoms with Gasteiger partial charge in [-0.1, -0.05) is 22.0 Å². The Bertz CT molecular complexity index is 658. The zero-order valence-electron chi connectivity index (χ0n) is 12.1. The number of aryl methyl sites for hydroxylation is 1. The highest BCUT2D eigenvalue weighted by molar-refractivity contribution is 9.10. The highest BCUT2D eigenvalue weighted by Crippen LogP contribution is 2.17. The van der Waals surface area contributed by atoms with Crippen molar-refractivity contribution in [1.29, 1.82) is 0 Å². The molecule has 0 unspecified atom stereocenters. The van der Waals surface area contributed by atoms with Gasteiger partial charge in [-0.3, -0.25) is 4.79 Å². The summed E-state index contributed by atoms with van der Waals surface area (Å²) in [4.78, 5) is 20.7. The molecule has 0 radical (unpaired) electrons. The Hall–Kier alpha value is -1.95. The summed E-state index contributed by atoms with van der Waals surface area (Å²) in [5, 5.41) is 6.00. The molecule has 0 saturated carbocycles. The number of nitrogens with one attached hydrogen (secondary N) is 2. The van der Waals surface area contributed by atoms with Crippen molar-refractivity contribution in [3.63, 3.8) is 0 Å². The number of halogens is 1. The number of carbonyl (C=O) groups excluding carboxylic acids is 1. The second-order valence-electron chi connectivity index (χ2n) is 4.95. The average molecular weight is 349 g/mol. The molecule has 5 nitrogen and oxygen atoms in total. The van der Waals surface area contributed by atoms with Crippen LogP contribution in [-0.2, 0) is 0 Å². The van der Waals surface area contributed by atoms with Crippen LogP contribution in [0.5, 0.6) is 0 Å². The predicted molar refractivity (Wildman–Crippen MR) is 87.6 cm³/mol. The van der Waals surface area contributed by atoms with Crippen molar-refractivity contribution in [3.05, 3.63) is 46.3 Å². The third kappa shape index (κ3) is 4.53. The van der Waals surface area contributed by atoms with E-state index in [9.17, 15) is 4.79 Å². The summed E-state index contributed by atoms with van der Waals surface area (Å²) in [5.74, 6) is 0.947. The van der Waals surface area contributed by atoms with Gasteiger partial charge in [0.2, 0.25) is 0 Å². The van der Waals surface area contributed by atoms with Gasteiger partial charge in [-0.15, -0.1) is 0 Å². The molecular weight excluding hydrogens is 332 g/mol. The van der Waals surface area contributed by atoms with Crippen LogP contribution in [0.1, 0.15) is 30.2 Å². The molecule has 1 heterocycles. The Balaban J connectivity index is 2.20. The van der Waals surface area contributed by atoms with E-state index in [1.54, 1.807) is 13.0 Å². The molecule has 0 bridgehead atoms. The summed E-state index contributed by atoms with van der Waals surface area (Å²) in [6.07, 6.45) is 0. The fraction of sp³-hybridized carbons (Fsp3) is 0.267. The summed E-state index contributed by atoms with van der Waals surface area (Å²) >= 11 is 3.37. The van der Waals surface area contributed by atoms with Crippen molar-refractivity contribution in [2.45, 2.75) is 26.8 Å². The predicted octanol–water partition coefficient (Wildman–Crippen LogP) is 3.62. The standard InChI is InChI=1S/C15H17BrN4O/c1-9(2)17-14-8-13(18-10(3)19-14)15(21)20-12-6-4-5-11(16)7-12/h4-9H,1-3H3,(H,20,21)(H,17,18,19). The maximum atomic E-state index is 12.3. The number of carbonyl (C=O) groups is 1. The van der Waals surface area contributed by atoms with Crippen LogP contribution in [0, 0.1) is 6.92 Å². The molecule has 110 valence electrons. The van der Waals surface area contributed by atoms with Crippen molar-refractivity contribution in [2.75, 3.05) is 10.6 Å². The molecule has 6 heteroatoms. The second kappa shape index (κ2) is 6.67. The maximum absolute atomic E-state index is 12.3. The molecule has 2 aromatic rings. The van der Waals surface area contributed by atoms with Gasteiger partial charge in [0.15, 0.2) is 0 Å². The van der Waals surface area contributed by atoms with E-state index in [1.165, 1.54) is 0 Å². The molecule has 2 N–H and O–H groups in total. The van der Waals surface area contributed by atoms with Crippen molar-refractivity contribution >= 4 is 33.3 Å². The lowest BCUT2D eigenvalue weighted by molar-refractivity contribution is 0.102. The third-order valence-electron chi connectivity index (χ3n) is 2.59. The van der Waals surface area contributed by atoms with Crippen LogP contribution in [0.25, 0.3) is 0 Å². The zero-order valence-corrected chi connectivity index (χ0v) is 13.7. The van der Waals surface area contributed by atoms with Crippen LogP contribution < -0.4 is 10.6 Å². The Kier molecular flexibility index (Phi) is 4.90. The molecule has 1 aromatic heterocycles. The first-order chi connectivity index (χ1) is 9.94. The summed E-state index contributed by atoms with van der Waals surface area (Å²) < 4.78 is 0.904. The number of aromatic nitrogens is 2. The molecule has 0 spiro atoms. The monoisotopic (exact) mass is 348 g/mol. The Morgan fingerprint density at radius 3 is 2.67 bits per heavy atom.